The van der Waals surface area contributed by atoms with Gasteiger partial charge in [0.25, 0.3) is 0 Å². The molecule has 1 aromatic carbocycles. The molecule has 2 aromatic rings. The smallest absolute Gasteiger partial charge is 0.334 e. The number of ether oxygens (including phenoxy) is 1. The van der Waals surface area contributed by atoms with Crippen LogP contribution in [-0.2, 0) is 27.3 Å². The Labute approximate surface area is 183 Å². The molecular weight excluding hydrogens is 418 g/mol. The number of likely N-dealkylation sites (N-methyl/N-ethyl adjacent to an activating group) is 1. The van der Waals surface area contributed by atoms with Gasteiger partial charge in [0.05, 0.1) is 19.2 Å². The van der Waals surface area contributed by atoms with Crippen LogP contribution < -0.4 is 9.64 Å². The average Bonchev–Trinajstić information content (AvgIpc) is 3.48. The number of rotatable bonds is 9. The van der Waals surface area contributed by atoms with Crippen molar-refractivity contribution in [2.45, 2.75) is 32.7 Å². The second-order valence-corrected chi connectivity index (χ2v) is 7.62. The van der Waals surface area contributed by atoms with Crippen molar-refractivity contribution in [1.82, 2.24) is 19.9 Å². The van der Waals surface area contributed by atoms with E-state index in [1.807, 2.05) is 13.0 Å². The number of para-hydroxylation sites is 2. The summed E-state index contributed by atoms with van der Waals surface area (Å²) in [5, 5.41) is 3.79. The molecule has 1 aliphatic heterocycles. The van der Waals surface area contributed by atoms with E-state index in [4.69, 9.17) is 9.26 Å². The lowest BCUT2D eigenvalue weighted by atomic mass is 10.2. The fourth-order valence-corrected chi connectivity index (χ4v) is 3.54. The van der Waals surface area contributed by atoms with Crippen molar-refractivity contribution in [2.75, 3.05) is 25.1 Å². The number of carbonyl (C=O) groups excluding carboxylic acids is 4. The molecule has 0 bridgehead atoms. The van der Waals surface area contributed by atoms with Gasteiger partial charge in [0, 0.05) is 13.1 Å². The maximum Gasteiger partial charge on any atom is 0.334 e. The molecule has 168 valence electrons. The maximum absolute atomic E-state index is 12.8. The van der Waals surface area contributed by atoms with Crippen LogP contribution in [0, 0.1) is 5.92 Å². The molecule has 5 amide bonds. The fourth-order valence-electron chi connectivity index (χ4n) is 3.54. The van der Waals surface area contributed by atoms with Gasteiger partial charge in [-0.2, -0.15) is 4.98 Å². The van der Waals surface area contributed by atoms with Gasteiger partial charge >= 0.3 is 17.8 Å². The topological polar surface area (TPSA) is 126 Å². The molecule has 32 heavy (non-hydrogen) atoms. The van der Waals surface area contributed by atoms with E-state index in [1.165, 1.54) is 12.0 Å². The molecule has 11 nitrogen and oxygen atoms in total. The summed E-state index contributed by atoms with van der Waals surface area (Å²) in [6, 6.07) is 6.46. The Morgan fingerprint density at radius 3 is 2.59 bits per heavy atom. The van der Waals surface area contributed by atoms with E-state index in [2.05, 4.69) is 10.1 Å². The van der Waals surface area contributed by atoms with Crippen LogP contribution in [0.3, 0.4) is 0 Å². The summed E-state index contributed by atoms with van der Waals surface area (Å²) in [7, 11) is 1.53. The summed E-state index contributed by atoms with van der Waals surface area (Å²) in [6.07, 6.45) is 1.73. The van der Waals surface area contributed by atoms with Gasteiger partial charge in [-0.1, -0.05) is 17.3 Å². The van der Waals surface area contributed by atoms with Crippen LogP contribution in [0.1, 0.15) is 31.5 Å². The van der Waals surface area contributed by atoms with Crippen LogP contribution in [0.15, 0.2) is 28.8 Å². The zero-order valence-electron chi connectivity index (χ0n) is 17.8. The first kappa shape index (κ1) is 21.5. The van der Waals surface area contributed by atoms with Crippen molar-refractivity contribution in [3.63, 3.8) is 0 Å². The Kier molecular flexibility index (Phi) is 5.89. The predicted octanol–water partition coefficient (Wildman–Crippen LogP) is 1.37. The van der Waals surface area contributed by atoms with E-state index in [0.29, 0.717) is 18.0 Å². The lowest BCUT2D eigenvalue weighted by molar-refractivity contribution is -0.143. The summed E-state index contributed by atoms with van der Waals surface area (Å²) in [5.41, 5.74) is 0.619. The van der Waals surface area contributed by atoms with Crippen molar-refractivity contribution in [3.8, 4) is 5.75 Å². The third-order valence-electron chi connectivity index (χ3n) is 5.38. The Morgan fingerprint density at radius 1 is 1.19 bits per heavy atom. The number of imide groups is 2. The van der Waals surface area contributed by atoms with Crippen LogP contribution in [0.25, 0.3) is 0 Å². The van der Waals surface area contributed by atoms with Crippen LogP contribution in [-0.4, -0.2) is 63.9 Å². The summed E-state index contributed by atoms with van der Waals surface area (Å²) in [5.74, 6) is -1.13. The van der Waals surface area contributed by atoms with Gasteiger partial charge in [-0.3, -0.25) is 19.3 Å². The SMILES string of the molecule is CCN(C(=O)Cc1noc(CN2C(=O)C(=O)N(CC3CC3)C2=O)n1)c1ccccc1OC. The molecule has 0 radical (unpaired) electrons. The Morgan fingerprint density at radius 2 is 1.91 bits per heavy atom. The number of aromatic nitrogens is 2. The highest BCUT2D eigenvalue weighted by Gasteiger charge is 2.46. The van der Waals surface area contributed by atoms with Crippen LogP contribution in [0.5, 0.6) is 5.75 Å². The van der Waals surface area contributed by atoms with Crippen molar-refractivity contribution in [2.24, 2.45) is 5.92 Å². The van der Waals surface area contributed by atoms with Crippen molar-refractivity contribution in [1.29, 1.82) is 0 Å². The standard InChI is InChI=1S/C21H23N5O6/c1-3-24(14-6-4-5-7-15(14)31-2)18(27)10-16-22-17(32-23-16)12-26-20(29)19(28)25(21(26)30)11-13-8-9-13/h4-7,13H,3,8-12H2,1-2H3. The minimum atomic E-state index is -0.917. The highest BCUT2D eigenvalue weighted by atomic mass is 16.5. The number of methoxy groups -OCH3 is 1. The number of nitrogens with zero attached hydrogens (tertiary/aromatic N) is 5. The van der Waals surface area contributed by atoms with Crippen LogP contribution in [0.2, 0.25) is 0 Å². The van der Waals surface area contributed by atoms with E-state index >= 15 is 0 Å². The number of hydrogen-bond acceptors (Lipinski definition) is 8. The Bertz CT molecular complexity index is 1060. The molecule has 4 rings (SSSR count). The molecule has 2 aliphatic rings. The van der Waals surface area contributed by atoms with E-state index in [0.717, 1.165) is 22.6 Å². The molecule has 0 atom stereocenters. The van der Waals surface area contributed by atoms with Crippen molar-refractivity contribution in [3.05, 3.63) is 36.0 Å². The quantitative estimate of drug-likeness (QED) is 0.422. The molecule has 1 aliphatic carbocycles. The Hall–Kier alpha value is -3.76. The molecule has 11 heteroatoms. The van der Waals surface area contributed by atoms with Gasteiger partial charge in [0.15, 0.2) is 5.82 Å². The largest absolute Gasteiger partial charge is 0.495 e. The van der Waals surface area contributed by atoms with E-state index in [9.17, 15) is 19.2 Å². The number of anilines is 1. The molecular formula is C21H23N5O6. The zero-order valence-corrected chi connectivity index (χ0v) is 17.8. The summed E-state index contributed by atoms with van der Waals surface area (Å²) in [4.78, 5) is 57.1. The van der Waals surface area contributed by atoms with E-state index in [1.54, 1.807) is 18.2 Å². The number of hydrogen-bond donors (Lipinski definition) is 0. The number of amides is 5. The third-order valence-corrected chi connectivity index (χ3v) is 5.38. The highest BCUT2D eigenvalue weighted by Crippen LogP contribution is 2.31. The van der Waals surface area contributed by atoms with Crippen molar-refractivity contribution < 1.29 is 28.4 Å². The summed E-state index contributed by atoms with van der Waals surface area (Å²) >= 11 is 0. The van der Waals surface area contributed by atoms with Gasteiger partial charge in [0.2, 0.25) is 11.8 Å². The minimum absolute atomic E-state index is 0.0316. The lowest BCUT2D eigenvalue weighted by Crippen LogP contribution is -2.34. The predicted molar refractivity (Wildman–Crippen MR) is 109 cm³/mol. The highest BCUT2D eigenvalue weighted by molar-refractivity contribution is 6.44. The van der Waals surface area contributed by atoms with Gasteiger partial charge < -0.3 is 14.2 Å². The first-order valence-corrected chi connectivity index (χ1v) is 10.3. The number of benzene rings is 1. The molecule has 0 spiro atoms. The van der Waals surface area contributed by atoms with Gasteiger partial charge in [-0.25, -0.2) is 9.69 Å². The molecule has 2 fully saturated rings. The molecule has 2 heterocycles. The average molecular weight is 441 g/mol. The van der Waals surface area contributed by atoms with E-state index < -0.39 is 17.8 Å². The summed E-state index contributed by atoms with van der Waals surface area (Å²) in [6.45, 7) is 2.16. The van der Waals surface area contributed by atoms with Gasteiger partial charge in [-0.05, 0) is 37.8 Å². The van der Waals surface area contributed by atoms with Crippen molar-refractivity contribution >= 4 is 29.4 Å². The normalized spacial score (nSPS) is 16.1. The molecule has 1 saturated carbocycles. The molecule has 1 saturated heterocycles. The van der Waals surface area contributed by atoms with Crippen LogP contribution >= 0.6 is 0 Å². The first-order chi connectivity index (χ1) is 15.4. The van der Waals surface area contributed by atoms with Gasteiger partial charge in [-0.15, -0.1) is 0 Å². The molecule has 1 aromatic heterocycles. The maximum atomic E-state index is 12.8. The van der Waals surface area contributed by atoms with Crippen LogP contribution in [0.4, 0.5) is 10.5 Å². The third kappa shape index (κ3) is 4.18. The van der Waals surface area contributed by atoms with E-state index in [-0.39, 0.29) is 43.1 Å². The lowest BCUT2D eigenvalue weighted by Gasteiger charge is -2.22. The second-order valence-electron chi connectivity index (χ2n) is 7.62. The number of carbonyl (C=O) groups is 4. The second kappa shape index (κ2) is 8.77. The first-order valence-electron chi connectivity index (χ1n) is 10.3. The fraction of sp³-hybridized carbons (Fsp3) is 0.429. The zero-order chi connectivity index (χ0) is 22.8. The molecule has 0 unspecified atom stereocenters. The summed E-state index contributed by atoms with van der Waals surface area (Å²) < 4.78 is 10.4. The molecule has 0 N–H and O–H groups in total. The minimum Gasteiger partial charge on any atom is -0.495 e. The van der Waals surface area contributed by atoms with Gasteiger partial charge in [0.1, 0.15) is 12.3 Å². The Balaban J connectivity index is 1.42. The number of urea groups is 1. The monoisotopic (exact) mass is 441 g/mol.